The zero-order chi connectivity index (χ0) is 16.2. The van der Waals surface area contributed by atoms with E-state index in [0.717, 1.165) is 5.56 Å². The SMILES string of the molecule is CC(C)(C)/C=C/c1ccc(C(=O)Nc2ccccc2O)cc1. The van der Waals surface area contributed by atoms with Crippen molar-refractivity contribution in [1.29, 1.82) is 0 Å². The number of benzene rings is 2. The number of phenolic OH excluding ortho intramolecular Hbond substituents is 1. The zero-order valence-corrected chi connectivity index (χ0v) is 13.1. The van der Waals surface area contributed by atoms with E-state index in [2.05, 4.69) is 32.2 Å². The van der Waals surface area contributed by atoms with Crippen molar-refractivity contribution in [2.24, 2.45) is 5.41 Å². The second-order valence-corrected chi connectivity index (χ2v) is 6.29. The average molecular weight is 295 g/mol. The van der Waals surface area contributed by atoms with E-state index in [1.807, 2.05) is 18.2 Å². The quantitative estimate of drug-likeness (QED) is 0.806. The number of carbonyl (C=O) groups excluding carboxylic acids is 1. The zero-order valence-electron chi connectivity index (χ0n) is 13.1. The summed E-state index contributed by atoms with van der Waals surface area (Å²) in [6.45, 7) is 6.41. The number of aromatic hydroxyl groups is 1. The summed E-state index contributed by atoms with van der Waals surface area (Å²) in [5.74, 6) is -0.187. The second-order valence-electron chi connectivity index (χ2n) is 6.29. The molecule has 0 aromatic heterocycles. The highest BCUT2D eigenvalue weighted by Gasteiger charge is 2.08. The van der Waals surface area contributed by atoms with E-state index in [-0.39, 0.29) is 17.1 Å². The lowest BCUT2D eigenvalue weighted by Gasteiger charge is -2.11. The molecule has 2 N–H and O–H groups in total. The summed E-state index contributed by atoms with van der Waals surface area (Å²) in [6.07, 6.45) is 4.18. The third-order valence-electron chi connectivity index (χ3n) is 3.10. The molecule has 0 radical (unpaired) electrons. The molecule has 22 heavy (non-hydrogen) atoms. The van der Waals surface area contributed by atoms with Gasteiger partial charge in [0, 0.05) is 5.56 Å². The molecule has 0 heterocycles. The van der Waals surface area contributed by atoms with Gasteiger partial charge in [0.15, 0.2) is 0 Å². The van der Waals surface area contributed by atoms with Crippen LogP contribution in [0.5, 0.6) is 5.75 Å². The summed E-state index contributed by atoms with van der Waals surface area (Å²) in [4.78, 5) is 12.2. The lowest BCUT2D eigenvalue weighted by atomic mass is 9.95. The largest absolute Gasteiger partial charge is 0.506 e. The molecule has 0 atom stereocenters. The Balaban J connectivity index is 2.09. The normalized spacial score (nSPS) is 11.6. The molecule has 0 saturated heterocycles. The first kappa shape index (κ1) is 15.8. The standard InChI is InChI=1S/C19H21NO2/c1-19(2,3)13-12-14-8-10-15(11-9-14)18(22)20-16-6-4-5-7-17(16)21/h4-13,21H,1-3H3,(H,20,22)/b13-12+. The molecule has 0 bridgehead atoms. The molecular formula is C19H21NO2. The predicted molar refractivity (Wildman–Crippen MR) is 91.0 cm³/mol. The molecule has 1 amide bonds. The summed E-state index contributed by atoms with van der Waals surface area (Å²) < 4.78 is 0. The van der Waals surface area contributed by atoms with Crippen LogP contribution in [0.1, 0.15) is 36.7 Å². The molecule has 0 aliphatic heterocycles. The molecule has 0 fully saturated rings. The number of phenols is 1. The Morgan fingerprint density at radius 3 is 2.27 bits per heavy atom. The Hall–Kier alpha value is -2.55. The highest BCUT2D eigenvalue weighted by atomic mass is 16.3. The van der Waals surface area contributed by atoms with Crippen LogP contribution in [-0.4, -0.2) is 11.0 Å². The van der Waals surface area contributed by atoms with Crippen LogP contribution < -0.4 is 5.32 Å². The van der Waals surface area contributed by atoms with E-state index in [0.29, 0.717) is 11.3 Å². The van der Waals surface area contributed by atoms with Crippen LogP contribution in [0, 0.1) is 5.41 Å². The fraction of sp³-hybridized carbons (Fsp3) is 0.211. The summed E-state index contributed by atoms with van der Waals surface area (Å²) in [6, 6.07) is 14.0. The predicted octanol–water partition coefficient (Wildman–Crippen LogP) is 4.70. The minimum Gasteiger partial charge on any atom is -0.506 e. The fourth-order valence-corrected chi connectivity index (χ4v) is 1.87. The van der Waals surface area contributed by atoms with Crippen molar-refractivity contribution in [3.05, 3.63) is 65.7 Å². The summed E-state index contributed by atoms with van der Waals surface area (Å²) >= 11 is 0. The van der Waals surface area contributed by atoms with Crippen LogP contribution in [-0.2, 0) is 0 Å². The Morgan fingerprint density at radius 1 is 1.05 bits per heavy atom. The van der Waals surface area contributed by atoms with Crippen molar-refractivity contribution in [2.45, 2.75) is 20.8 Å². The van der Waals surface area contributed by atoms with E-state index in [4.69, 9.17) is 0 Å². The monoisotopic (exact) mass is 295 g/mol. The van der Waals surface area contributed by atoms with Gasteiger partial charge in [-0.3, -0.25) is 4.79 Å². The van der Waals surface area contributed by atoms with Gasteiger partial charge in [0.1, 0.15) is 5.75 Å². The summed E-state index contributed by atoms with van der Waals surface area (Å²) in [7, 11) is 0. The molecule has 2 aromatic carbocycles. The number of allylic oxidation sites excluding steroid dienone is 1. The van der Waals surface area contributed by atoms with Crippen molar-refractivity contribution in [3.8, 4) is 5.75 Å². The summed E-state index contributed by atoms with van der Waals surface area (Å²) in [5, 5.41) is 12.4. The summed E-state index contributed by atoms with van der Waals surface area (Å²) in [5.41, 5.74) is 2.13. The van der Waals surface area contributed by atoms with Gasteiger partial charge >= 0.3 is 0 Å². The number of anilines is 1. The minimum atomic E-state index is -0.243. The van der Waals surface area contributed by atoms with Gasteiger partial charge in [-0.05, 0) is 35.2 Å². The van der Waals surface area contributed by atoms with Crippen molar-refractivity contribution in [2.75, 3.05) is 5.32 Å². The van der Waals surface area contributed by atoms with Crippen molar-refractivity contribution in [3.63, 3.8) is 0 Å². The minimum absolute atomic E-state index is 0.0561. The van der Waals surface area contributed by atoms with E-state index in [1.165, 1.54) is 6.07 Å². The first-order valence-electron chi connectivity index (χ1n) is 7.24. The maximum atomic E-state index is 12.2. The number of hydrogen-bond acceptors (Lipinski definition) is 2. The number of amides is 1. The van der Waals surface area contributed by atoms with Gasteiger partial charge in [-0.25, -0.2) is 0 Å². The maximum Gasteiger partial charge on any atom is 0.255 e. The van der Waals surface area contributed by atoms with E-state index in [1.54, 1.807) is 30.3 Å². The number of para-hydroxylation sites is 2. The molecule has 114 valence electrons. The van der Waals surface area contributed by atoms with Gasteiger partial charge in [-0.2, -0.15) is 0 Å². The third-order valence-corrected chi connectivity index (χ3v) is 3.10. The molecule has 0 aliphatic rings. The number of hydrogen-bond donors (Lipinski definition) is 2. The molecule has 0 spiro atoms. The topological polar surface area (TPSA) is 49.3 Å². The van der Waals surface area contributed by atoms with Gasteiger partial charge in [0.25, 0.3) is 5.91 Å². The molecule has 0 aliphatic carbocycles. The Morgan fingerprint density at radius 2 is 1.68 bits per heavy atom. The van der Waals surface area contributed by atoms with Gasteiger partial charge < -0.3 is 10.4 Å². The van der Waals surface area contributed by atoms with E-state index in [9.17, 15) is 9.90 Å². The average Bonchev–Trinajstić information content (AvgIpc) is 2.47. The number of carbonyl (C=O) groups is 1. The molecule has 0 unspecified atom stereocenters. The molecule has 3 nitrogen and oxygen atoms in total. The fourth-order valence-electron chi connectivity index (χ4n) is 1.87. The van der Waals surface area contributed by atoms with Crippen LogP contribution in [0.15, 0.2) is 54.6 Å². The van der Waals surface area contributed by atoms with Crippen LogP contribution in [0.3, 0.4) is 0 Å². The van der Waals surface area contributed by atoms with Crippen LogP contribution in [0.4, 0.5) is 5.69 Å². The van der Waals surface area contributed by atoms with Crippen LogP contribution >= 0.6 is 0 Å². The lowest BCUT2D eigenvalue weighted by Crippen LogP contribution is -2.11. The lowest BCUT2D eigenvalue weighted by molar-refractivity contribution is 0.102. The number of rotatable bonds is 3. The molecule has 0 saturated carbocycles. The van der Waals surface area contributed by atoms with E-state index >= 15 is 0 Å². The first-order valence-corrected chi connectivity index (χ1v) is 7.24. The van der Waals surface area contributed by atoms with Crippen LogP contribution in [0.25, 0.3) is 6.08 Å². The first-order chi connectivity index (χ1) is 10.3. The Bertz CT molecular complexity index is 679. The Kier molecular flexibility index (Phi) is 4.66. The highest BCUT2D eigenvalue weighted by Crippen LogP contribution is 2.22. The molecule has 2 aromatic rings. The van der Waals surface area contributed by atoms with Gasteiger partial charge in [0.2, 0.25) is 0 Å². The third kappa shape index (κ3) is 4.48. The van der Waals surface area contributed by atoms with Gasteiger partial charge in [-0.1, -0.05) is 57.2 Å². The second kappa shape index (κ2) is 6.48. The Labute approximate surface area is 131 Å². The van der Waals surface area contributed by atoms with Crippen LogP contribution in [0.2, 0.25) is 0 Å². The highest BCUT2D eigenvalue weighted by molar-refractivity contribution is 6.05. The van der Waals surface area contributed by atoms with E-state index < -0.39 is 0 Å². The van der Waals surface area contributed by atoms with Crippen molar-refractivity contribution in [1.82, 2.24) is 0 Å². The molecular weight excluding hydrogens is 274 g/mol. The van der Waals surface area contributed by atoms with Crippen molar-refractivity contribution >= 4 is 17.7 Å². The van der Waals surface area contributed by atoms with Gasteiger partial charge in [-0.15, -0.1) is 0 Å². The molecule has 3 heteroatoms. The smallest absolute Gasteiger partial charge is 0.255 e. The van der Waals surface area contributed by atoms with Gasteiger partial charge in [0.05, 0.1) is 5.69 Å². The van der Waals surface area contributed by atoms with Crippen molar-refractivity contribution < 1.29 is 9.90 Å². The molecule has 2 rings (SSSR count). The maximum absolute atomic E-state index is 12.2. The number of nitrogens with one attached hydrogen (secondary N) is 1.